The fourth-order valence-corrected chi connectivity index (χ4v) is 1.82. The van der Waals surface area contributed by atoms with E-state index < -0.39 is 0 Å². The van der Waals surface area contributed by atoms with Crippen LogP contribution in [0.25, 0.3) is 21.8 Å². The van der Waals surface area contributed by atoms with Gasteiger partial charge in [-0.1, -0.05) is 24.3 Å². The summed E-state index contributed by atoms with van der Waals surface area (Å²) in [7, 11) is 9.53. The van der Waals surface area contributed by atoms with Crippen LogP contribution in [0.2, 0.25) is 0 Å². The van der Waals surface area contributed by atoms with Crippen molar-refractivity contribution in [2.24, 2.45) is 0 Å². The molecule has 0 unspecified atom stereocenters. The first-order valence-electron chi connectivity index (χ1n) is 5.22. The van der Waals surface area contributed by atoms with Crippen LogP contribution in [0.3, 0.4) is 0 Å². The van der Waals surface area contributed by atoms with Gasteiger partial charge >= 0.3 is 33.3 Å². The number of hydrogen-bond donors (Lipinski definition) is 0. The standard InChI is InChI=1S/C13H10N2.2ClH.Fe/c1-9-4-5-11-7-6-10-3-2-8-14-12(10)13(11)15-9;;;/h2-8H,1H3;2*1H;/q;;;+2/p-2. The van der Waals surface area contributed by atoms with E-state index >= 15 is 0 Å². The Balaban J connectivity index is 0.000000367. The van der Waals surface area contributed by atoms with Crippen LogP contribution in [-0.2, 0) is 13.1 Å². The molecule has 0 aliphatic rings. The number of aryl methyl sites for hydroxylation is 1. The first-order valence-corrected chi connectivity index (χ1v) is 8.26. The van der Waals surface area contributed by atoms with Crippen molar-refractivity contribution < 1.29 is 13.1 Å². The fourth-order valence-electron chi connectivity index (χ4n) is 1.82. The number of aromatic nitrogens is 2. The molecule has 0 atom stereocenters. The van der Waals surface area contributed by atoms with Gasteiger partial charge in [-0.25, -0.2) is 0 Å². The summed E-state index contributed by atoms with van der Waals surface area (Å²) in [5.41, 5.74) is 3.01. The van der Waals surface area contributed by atoms with E-state index in [0.29, 0.717) is 0 Å². The van der Waals surface area contributed by atoms with Crippen LogP contribution in [0, 0.1) is 6.92 Å². The van der Waals surface area contributed by atoms with Crippen LogP contribution in [0.15, 0.2) is 42.6 Å². The van der Waals surface area contributed by atoms with Gasteiger partial charge < -0.3 is 0 Å². The topological polar surface area (TPSA) is 25.8 Å². The number of pyridine rings is 2. The van der Waals surface area contributed by atoms with Crippen molar-refractivity contribution in [3.63, 3.8) is 0 Å². The number of nitrogens with zero attached hydrogens (tertiary/aromatic N) is 2. The number of hydrogen-bond acceptors (Lipinski definition) is 2. The van der Waals surface area contributed by atoms with Crippen molar-refractivity contribution in [2.75, 3.05) is 0 Å². The van der Waals surface area contributed by atoms with Gasteiger partial charge in [0.05, 0.1) is 11.0 Å². The van der Waals surface area contributed by atoms with Crippen LogP contribution >= 0.6 is 20.2 Å². The maximum absolute atomic E-state index is 4.76. The van der Waals surface area contributed by atoms with E-state index in [1.807, 2.05) is 25.3 Å². The second-order valence-electron chi connectivity index (χ2n) is 3.72. The molecular formula is C13H10Cl2FeN2. The summed E-state index contributed by atoms with van der Waals surface area (Å²) < 4.78 is 0. The van der Waals surface area contributed by atoms with Crippen molar-refractivity contribution in [3.05, 3.63) is 48.3 Å². The van der Waals surface area contributed by atoms with Gasteiger partial charge in [-0.05, 0) is 19.1 Å². The minimum atomic E-state index is 0.194. The minimum absolute atomic E-state index is 0.194. The molecule has 0 N–H and O–H groups in total. The monoisotopic (exact) mass is 320 g/mol. The Labute approximate surface area is 120 Å². The van der Waals surface area contributed by atoms with E-state index in [-0.39, 0.29) is 13.1 Å². The molecule has 18 heavy (non-hydrogen) atoms. The van der Waals surface area contributed by atoms with Crippen LogP contribution in [0.4, 0.5) is 0 Å². The molecule has 0 radical (unpaired) electrons. The molecule has 0 fully saturated rings. The van der Waals surface area contributed by atoms with Crippen LogP contribution in [-0.4, -0.2) is 9.97 Å². The molecule has 1 aromatic carbocycles. The third-order valence-electron chi connectivity index (χ3n) is 2.57. The van der Waals surface area contributed by atoms with Gasteiger partial charge in [-0.3, -0.25) is 9.97 Å². The van der Waals surface area contributed by atoms with Crippen LogP contribution in [0.1, 0.15) is 5.69 Å². The number of fused-ring (bicyclic) bond motifs is 3. The predicted octanol–water partition coefficient (Wildman–Crippen LogP) is 4.47. The third kappa shape index (κ3) is 2.93. The molecule has 0 aliphatic heterocycles. The van der Waals surface area contributed by atoms with E-state index in [0.717, 1.165) is 27.5 Å². The first-order chi connectivity index (χ1) is 8.76. The average Bonchev–Trinajstić information content (AvgIpc) is 2.39. The van der Waals surface area contributed by atoms with E-state index in [9.17, 15) is 0 Å². The summed E-state index contributed by atoms with van der Waals surface area (Å²) in [5, 5.41) is 2.29. The third-order valence-corrected chi connectivity index (χ3v) is 2.57. The Bertz CT molecular complexity index is 673. The zero-order valence-electron chi connectivity index (χ0n) is 9.55. The summed E-state index contributed by atoms with van der Waals surface area (Å²) in [6.07, 6.45) is 1.81. The number of rotatable bonds is 0. The molecule has 3 aromatic rings. The maximum atomic E-state index is 4.76. The van der Waals surface area contributed by atoms with E-state index in [1.165, 1.54) is 0 Å². The molecular weight excluding hydrogens is 311 g/mol. The van der Waals surface area contributed by atoms with Crippen LogP contribution < -0.4 is 0 Å². The average molecular weight is 321 g/mol. The summed E-state index contributed by atoms with van der Waals surface area (Å²) >= 11 is 0.194. The molecule has 94 valence electrons. The summed E-state index contributed by atoms with van der Waals surface area (Å²) in [4.78, 5) is 8.93. The zero-order chi connectivity index (χ0) is 13.0. The van der Waals surface area contributed by atoms with Crippen molar-refractivity contribution in [1.82, 2.24) is 9.97 Å². The summed E-state index contributed by atoms with van der Waals surface area (Å²) in [5.74, 6) is 0. The van der Waals surface area contributed by atoms with E-state index in [1.54, 1.807) is 0 Å². The van der Waals surface area contributed by atoms with Gasteiger partial charge in [0.2, 0.25) is 0 Å². The molecule has 0 bridgehead atoms. The Morgan fingerprint density at radius 2 is 1.56 bits per heavy atom. The van der Waals surface area contributed by atoms with Crippen molar-refractivity contribution in [1.29, 1.82) is 0 Å². The normalized spacial score (nSPS) is 10.4. The Morgan fingerprint density at radius 1 is 0.944 bits per heavy atom. The van der Waals surface area contributed by atoms with Gasteiger partial charge in [0.15, 0.2) is 0 Å². The van der Waals surface area contributed by atoms with Crippen LogP contribution in [0.5, 0.6) is 0 Å². The molecule has 0 aliphatic carbocycles. The SMILES string of the molecule is Cc1ccc2ccc3cccnc3c2n1.[Cl][Fe][Cl]. The van der Waals surface area contributed by atoms with Gasteiger partial charge in [0.1, 0.15) is 0 Å². The number of halogens is 2. The molecule has 0 saturated carbocycles. The quantitative estimate of drug-likeness (QED) is 0.451. The Hall–Kier alpha value is -0.861. The molecule has 0 saturated heterocycles. The van der Waals surface area contributed by atoms with Gasteiger partial charge in [0, 0.05) is 22.7 Å². The van der Waals surface area contributed by atoms with Crippen molar-refractivity contribution >= 4 is 42.0 Å². The molecule has 0 amide bonds. The first kappa shape index (κ1) is 13.6. The summed E-state index contributed by atoms with van der Waals surface area (Å²) in [6, 6.07) is 12.3. The molecule has 2 nitrogen and oxygen atoms in total. The van der Waals surface area contributed by atoms with E-state index in [2.05, 4.69) is 34.2 Å². The van der Waals surface area contributed by atoms with Gasteiger partial charge in [-0.2, -0.15) is 0 Å². The molecule has 3 rings (SSSR count). The number of benzene rings is 1. The molecule has 2 heterocycles. The Morgan fingerprint density at radius 3 is 2.28 bits per heavy atom. The van der Waals surface area contributed by atoms with Crippen molar-refractivity contribution in [3.8, 4) is 0 Å². The molecule has 2 aromatic heterocycles. The van der Waals surface area contributed by atoms with Crippen molar-refractivity contribution in [2.45, 2.75) is 6.92 Å². The second kappa shape index (κ2) is 6.35. The summed E-state index contributed by atoms with van der Waals surface area (Å²) in [6.45, 7) is 2.00. The zero-order valence-corrected chi connectivity index (χ0v) is 12.2. The second-order valence-corrected chi connectivity index (χ2v) is 5.54. The molecule has 0 spiro atoms. The van der Waals surface area contributed by atoms with Gasteiger partial charge in [0.25, 0.3) is 0 Å². The molecule has 5 heteroatoms. The van der Waals surface area contributed by atoms with E-state index in [4.69, 9.17) is 20.2 Å². The predicted molar refractivity (Wildman–Crippen MR) is 73.5 cm³/mol. The Kier molecular flexibility index (Phi) is 4.79. The fraction of sp³-hybridized carbons (Fsp3) is 0.0769. The van der Waals surface area contributed by atoms with Gasteiger partial charge in [-0.15, -0.1) is 0 Å².